The molecule has 19 heavy (non-hydrogen) atoms. The van der Waals surface area contributed by atoms with Crippen LogP contribution in [0.2, 0.25) is 5.02 Å². The van der Waals surface area contributed by atoms with Gasteiger partial charge in [-0.05, 0) is 50.9 Å². The lowest BCUT2D eigenvalue weighted by atomic mass is 9.59. The van der Waals surface area contributed by atoms with Crippen molar-refractivity contribution in [2.75, 3.05) is 14.0 Å². The molecule has 1 nitrogen and oxygen atoms in total. The van der Waals surface area contributed by atoms with Gasteiger partial charge in [0.05, 0.1) is 0 Å². The van der Waals surface area contributed by atoms with E-state index in [0.29, 0.717) is 11.4 Å². The highest BCUT2D eigenvalue weighted by Crippen LogP contribution is 2.49. The molecule has 2 rings (SSSR count). The van der Waals surface area contributed by atoms with Crippen LogP contribution in [0.4, 0.5) is 0 Å². The number of benzene rings is 1. The molecule has 0 heterocycles. The highest BCUT2D eigenvalue weighted by molar-refractivity contribution is 6.30. The van der Waals surface area contributed by atoms with Crippen LogP contribution in [-0.2, 0) is 5.41 Å². The van der Waals surface area contributed by atoms with Crippen molar-refractivity contribution in [2.24, 2.45) is 0 Å². The third-order valence-electron chi connectivity index (χ3n) is 4.45. The molecule has 0 radical (unpaired) electrons. The Kier molecular flexibility index (Phi) is 2.87. The zero-order valence-electron chi connectivity index (χ0n) is 17.5. The van der Waals surface area contributed by atoms with E-state index >= 15 is 0 Å². The molecule has 2 heteroatoms. The summed E-state index contributed by atoms with van der Waals surface area (Å²) in [5.74, 6) is 0. The van der Waals surface area contributed by atoms with Gasteiger partial charge in [0.25, 0.3) is 0 Å². The van der Waals surface area contributed by atoms with Crippen LogP contribution in [0.5, 0.6) is 0 Å². The average Bonchev–Trinajstić information content (AvgIpc) is 2.42. The summed E-state index contributed by atoms with van der Waals surface area (Å²) < 4.78 is 47.2. The van der Waals surface area contributed by atoms with Gasteiger partial charge in [0.2, 0.25) is 0 Å². The van der Waals surface area contributed by atoms with E-state index in [1.165, 1.54) is 0 Å². The van der Waals surface area contributed by atoms with Crippen LogP contribution in [0.25, 0.3) is 0 Å². The molecule has 1 aliphatic carbocycles. The van der Waals surface area contributed by atoms with Crippen molar-refractivity contribution in [3.63, 3.8) is 0 Å². The van der Waals surface area contributed by atoms with Crippen LogP contribution < -0.4 is 0 Å². The summed E-state index contributed by atoms with van der Waals surface area (Å²) in [6.07, 6.45) is 4.81. The molecule has 1 unspecified atom stereocenters. The monoisotopic (exact) mass is 285 g/mol. The molecule has 1 atom stereocenters. The first kappa shape index (κ1) is 8.69. The van der Waals surface area contributed by atoms with Crippen molar-refractivity contribution < 1.29 is 8.22 Å². The minimum Gasteiger partial charge on any atom is -0.306 e. The summed E-state index contributed by atoms with van der Waals surface area (Å²) in [5, 5.41) is 0.617. The van der Waals surface area contributed by atoms with Crippen molar-refractivity contribution >= 4 is 11.6 Å². The Bertz CT molecular complexity index is 548. The van der Waals surface area contributed by atoms with E-state index in [2.05, 4.69) is 0 Å². The van der Waals surface area contributed by atoms with Crippen LogP contribution in [0.3, 0.4) is 0 Å². The largest absolute Gasteiger partial charge is 0.306 e. The molecule has 1 aromatic carbocycles. The quantitative estimate of drug-likeness (QED) is 0.720. The number of hydrogen-bond donors (Lipinski definition) is 0. The van der Waals surface area contributed by atoms with Gasteiger partial charge < -0.3 is 4.90 Å². The second kappa shape index (κ2) is 6.28. The second-order valence-electron chi connectivity index (χ2n) is 5.54. The Hall–Kier alpha value is -0.530. The molecule has 0 bridgehead atoms. The Morgan fingerprint density at radius 1 is 1.32 bits per heavy atom. The lowest BCUT2D eigenvalue weighted by Gasteiger charge is -2.51. The summed E-state index contributed by atoms with van der Waals surface area (Å²) in [6, 6.07) is 6.86. The molecular formula is C17H26ClN. The summed E-state index contributed by atoms with van der Waals surface area (Å²) in [6.45, 7) is -3.31. The SMILES string of the molecule is [2H]C([2H])([2H])N(C(CCCC)C1(c2ccc(Cl)cc2)CCC1)C([2H])([2H])[2H]. The highest BCUT2D eigenvalue weighted by Gasteiger charge is 2.45. The van der Waals surface area contributed by atoms with Gasteiger partial charge in [-0.2, -0.15) is 0 Å². The Balaban J connectivity index is 2.51. The van der Waals surface area contributed by atoms with E-state index in [4.69, 9.17) is 19.8 Å². The normalized spacial score (nSPS) is 25.2. The maximum Gasteiger partial charge on any atom is 0.0406 e. The van der Waals surface area contributed by atoms with Crippen LogP contribution in [0.15, 0.2) is 24.3 Å². The summed E-state index contributed by atoms with van der Waals surface area (Å²) in [7, 11) is 0. The fourth-order valence-corrected chi connectivity index (χ4v) is 3.33. The molecule has 1 saturated carbocycles. The van der Waals surface area contributed by atoms with E-state index < -0.39 is 25.4 Å². The van der Waals surface area contributed by atoms with Crippen LogP contribution in [-0.4, -0.2) is 24.9 Å². The fraction of sp³-hybridized carbons (Fsp3) is 0.647. The zero-order valence-corrected chi connectivity index (χ0v) is 12.2. The van der Waals surface area contributed by atoms with Crippen LogP contribution in [0.1, 0.15) is 59.2 Å². The summed E-state index contributed by atoms with van der Waals surface area (Å²) in [5.41, 5.74) is 0.547. The Morgan fingerprint density at radius 2 is 2.00 bits per heavy atom. The molecule has 1 aliphatic rings. The van der Waals surface area contributed by atoms with E-state index in [1.807, 2.05) is 19.1 Å². The molecule has 0 N–H and O–H groups in total. The molecule has 0 aliphatic heterocycles. The first-order chi connectivity index (χ1) is 11.5. The third-order valence-corrected chi connectivity index (χ3v) is 4.70. The summed E-state index contributed by atoms with van der Waals surface area (Å²) in [4.78, 5) is 0.809. The lowest BCUT2D eigenvalue weighted by molar-refractivity contribution is 0.0884. The van der Waals surface area contributed by atoms with Crippen molar-refractivity contribution in [3.8, 4) is 0 Å². The molecular weight excluding hydrogens is 254 g/mol. The fourth-order valence-electron chi connectivity index (χ4n) is 3.20. The van der Waals surface area contributed by atoms with Gasteiger partial charge in [0.1, 0.15) is 0 Å². The predicted octanol–water partition coefficient (Wildman–Crippen LogP) is 4.88. The number of rotatable bonds is 6. The molecule has 0 spiro atoms. The van der Waals surface area contributed by atoms with E-state index in [1.54, 1.807) is 12.1 Å². The number of hydrogen-bond acceptors (Lipinski definition) is 1. The van der Waals surface area contributed by atoms with Gasteiger partial charge in [-0.3, -0.25) is 0 Å². The van der Waals surface area contributed by atoms with Crippen LogP contribution in [0, 0.1) is 0 Å². The minimum absolute atomic E-state index is 0.442. The average molecular weight is 286 g/mol. The number of halogens is 1. The molecule has 0 aromatic heterocycles. The number of nitrogens with zero attached hydrogens (tertiary/aromatic N) is 1. The van der Waals surface area contributed by atoms with Crippen molar-refractivity contribution in [1.29, 1.82) is 0 Å². The van der Waals surface area contributed by atoms with Gasteiger partial charge in [0.15, 0.2) is 0 Å². The summed E-state index contributed by atoms with van der Waals surface area (Å²) >= 11 is 6.00. The van der Waals surface area contributed by atoms with Gasteiger partial charge in [0, 0.05) is 24.7 Å². The number of likely N-dealkylation sites (N-methyl/N-ethyl adjacent to an activating group) is 1. The first-order valence-corrected chi connectivity index (χ1v) is 7.45. The van der Waals surface area contributed by atoms with Gasteiger partial charge >= 0.3 is 0 Å². The zero-order chi connectivity index (χ0) is 18.9. The van der Waals surface area contributed by atoms with Crippen LogP contribution >= 0.6 is 11.6 Å². The highest BCUT2D eigenvalue weighted by atomic mass is 35.5. The van der Waals surface area contributed by atoms with Crippen molar-refractivity contribution in [3.05, 3.63) is 34.9 Å². The van der Waals surface area contributed by atoms with Gasteiger partial charge in [-0.15, -0.1) is 0 Å². The third kappa shape index (κ3) is 2.98. The van der Waals surface area contributed by atoms with Crippen molar-refractivity contribution in [1.82, 2.24) is 4.90 Å². The van der Waals surface area contributed by atoms with E-state index in [9.17, 15) is 0 Å². The maximum atomic E-state index is 7.86. The smallest absolute Gasteiger partial charge is 0.0406 e. The predicted molar refractivity (Wildman–Crippen MR) is 84.0 cm³/mol. The number of unbranched alkanes of at least 4 members (excludes halogenated alkanes) is 1. The molecule has 0 amide bonds. The lowest BCUT2D eigenvalue weighted by Crippen LogP contribution is -2.52. The van der Waals surface area contributed by atoms with E-state index in [0.717, 1.165) is 42.6 Å². The maximum absolute atomic E-state index is 7.86. The van der Waals surface area contributed by atoms with E-state index in [-0.39, 0.29) is 0 Å². The molecule has 1 fully saturated rings. The minimum atomic E-state index is -2.67. The molecule has 1 aromatic rings. The van der Waals surface area contributed by atoms with Gasteiger partial charge in [-0.1, -0.05) is 49.9 Å². The molecule has 106 valence electrons. The van der Waals surface area contributed by atoms with Gasteiger partial charge in [-0.25, -0.2) is 0 Å². The van der Waals surface area contributed by atoms with Crippen molar-refractivity contribution in [2.45, 2.75) is 56.9 Å². The Morgan fingerprint density at radius 3 is 2.47 bits per heavy atom. The first-order valence-electron chi connectivity index (χ1n) is 10.1. The second-order valence-corrected chi connectivity index (χ2v) is 5.98. The molecule has 0 saturated heterocycles. The standard InChI is InChI=1S/C17H26ClN/c1-4-5-7-16(19(2)3)17(12-6-13-17)14-8-10-15(18)11-9-14/h8-11,16H,4-7,12-13H2,1-3H3/i2D3,3D3. The topological polar surface area (TPSA) is 3.24 Å². The Labute approximate surface area is 131 Å².